The number of aliphatic carboxylic acids is 1. The Balaban J connectivity index is 1.34. The van der Waals surface area contributed by atoms with E-state index in [0.29, 0.717) is 28.8 Å². The van der Waals surface area contributed by atoms with E-state index in [9.17, 15) is 33.6 Å². The Morgan fingerprint density at radius 2 is 1.08 bits per heavy atom. The van der Waals surface area contributed by atoms with Crippen LogP contribution in [0.1, 0.15) is 54.4 Å². The lowest BCUT2D eigenvalue weighted by molar-refractivity contribution is -0.137. The lowest BCUT2D eigenvalue weighted by atomic mass is 9.98. The molecule has 0 aromatic heterocycles. The average molecular weight is 879 g/mol. The standard InChI is InChI=1S/C51H54N6O8/c58-45-28-29-46(59)54-41(27-22-34-11-4-1-5-12-34)49(63)56-44(33-36-18-23-39(24-19-36)38-15-8-3-9-16-38)51(65)57-43(31-35-13-6-2-7-14-35)50(64)55-42(48(62)52-30-10-17-47(60)61)32-37-20-25-40(53-45)26-21-37/h1-9,11-16,18-21,23-26,41-44H,10,17,22,27-33H2,(H,52,62)(H,53,58)(H,54,59)(H,55,64)(H,56,63)(H,57,65)(H,60,61)/t41-,42+,43-,44+/m1/s1. The predicted octanol–water partition coefficient (Wildman–Crippen LogP) is 4.67. The topological polar surface area (TPSA) is 212 Å². The molecule has 7 N–H and O–H groups in total. The van der Waals surface area contributed by atoms with Crippen LogP contribution in [0.25, 0.3) is 11.1 Å². The van der Waals surface area contributed by atoms with Gasteiger partial charge in [0.15, 0.2) is 0 Å². The van der Waals surface area contributed by atoms with E-state index in [4.69, 9.17) is 5.11 Å². The molecule has 5 aromatic rings. The van der Waals surface area contributed by atoms with E-state index in [2.05, 4.69) is 31.9 Å². The molecule has 0 saturated heterocycles. The summed E-state index contributed by atoms with van der Waals surface area (Å²) in [5.74, 6) is -4.52. The number of carboxylic acid groups (broad SMARTS) is 1. The zero-order valence-corrected chi connectivity index (χ0v) is 36.0. The fourth-order valence-corrected chi connectivity index (χ4v) is 7.47. The number of anilines is 1. The first-order valence-electron chi connectivity index (χ1n) is 21.8. The summed E-state index contributed by atoms with van der Waals surface area (Å²) in [4.78, 5) is 94.7. The lowest BCUT2D eigenvalue weighted by Gasteiger charge is -2.27. The van der Waals surface area contributed by atoms with Gasteiger partial charge in [-0.05, 0) is 64.8 Å². The highest BCUT2D eigenvalue weighted by Crippen LogP contribution is 2.20. The summed E-state index contributed by atoms with van der Waals surface area (Å²) in [7, 11) is 0. The first-order chi connectivity index (χ1) is 31.5. The summed E-state index contributed by atoms with van der Waals surface area (Å²) in [6.45, 7) is 0.0457. The molecule has 65 heavy (non-hydrogen) atoms. The molecule has 4 atom stereocenters. The highest BCUT2D eigenvalue weighted by atomic mass is 16.4. The van der Waals surface area contributed by atoms with Gasteiger partial charge in [-0.15, -0.1) is 0 Å². The van der Waals surface area contributed by atoms with Crippen molar-refractivity contribution in [3.63, 3.8) is 0 Å². The third-order valence-electron chi connectivity index (χ3n) is 11.0. The maximum absolute atomic E-state index is 14.7. The molecule has 0 radical (unpaired) electrons. The molecule has 2 aliphatic rings. The van der Waals surface area contributed by atoms with Gasteiger partial charge >= 0.3 is 5.97 Å². The molecule has 0 saturated carbocycles. The number of aryl methyl sites for hydroxylation is 1. The number of rotatable bonds is 13. The molecule has 0 spiro atoms. The van der Waals surface area contributed by atoms with Crippen molar-refractivity contribution in [3.8, 4) is 11.1 Å². The zero-order valence-electron chi connectivity index (χ0n) is 36.0. The number of carbonyl (C=O) groups excluding carboxylic acids is 6. The summed E-state index contributed by atoms with van der Waals surface area (Å²) in [5.41, 5.74) is 5.37. The largest absolute Gasteiger partial charge is 0.481 e. The molecule has 14 heteroatoms. The summed E-state index contributed by atoms with van der Waals surface area (Å²) >= 11 is 0. The molecule has 6 amide bonds. The second kappa shape index (κ2) is 23.7. The quantitative estimate of drug-likeness (QED) is 0.0652. The van der Waals surface area contributed by atoms with Crippen molar-refractivity contribution in [2.45, 2.75) is 82.0 Å². The van der Waals surface area contributed by atoms with Gasteiger partial charge in [-0.1, -0.05) is 127 Å². The molecular weight excluding hydrogens is 825 g/mol. The van der Waals surface area contributed by atoms with Crippen molar-refractivity contribution in [2.75, 3.05) is 11.9 Å². The van der Waals surface area contributed by atoms with Crippen molar-refractivity contribution in [3.05, 3.63) is 162 Å². The van der Waals surface area contributed by atoms with Crippen LogP contribution in [0.2, 0.25) is 0 Å². The van der Waals surface area contributed by atoms with Crippen LogP contribution in [0.15, 0.2) is 140 Å². The molecule has 0 aliphatic carbocycles. The van der Waals surface area contributed by atoms with Gasteiger partial charge in [0, 0.05) is 50.8 Å². The Morgan fingerprint density at radius 1 is 0.554 bits per heavy atom. The number of carbonyl (C=O) groups is 7. The van der Waals surface area contributed by atoms with Crippen molar-refractivity contribution in [1.82, 2.24) is 26.6 Å². The minimum Gasteiger partial charge on any atom is -0.481 e. The van der Waals surface area contributed by atoms with Crippen LogP contribution in [-0.4, -0.2) is 77.2 Å². The Morgan fingerprint density at radius 3 is 1.69 bits per heavy atom. The average Bonchev–Trinajstić information content (AvgIpc) is 3.31. The van der Waals surface area contributed by atoms with E-state index in [1.165, 1.54) is 0 Å². The van der Waals surface area contributed by atoms with Gasteiger partial charge in [0.1, 0.15) is 24.2 Å². The summed E-state index contributed by atoms with van der Waals surface area (Å²) < 4.78 is 0. The SMILES string of the molecule is O=C(O)CCCNC(=O)[C@@H]1Cc2ccc(cc2)NC(=O)CCC(=O)N[C@H](CCc2ccccc2)C(=O)N[C@@H](Cc2ccc(-c3ccccc3)cc2)C(=O)N[C@H](Cc2ccccc2)C(=O)N1. The molecule has 5 aromatic carbocycles. The Bertz CT molecular complexity index is 2400. The van der Waals surface area contributed by atoms with E-state index < -0.39 is 65.6 Å². The third kappa shape index (κ3) is 15.0. The molecule has 336 valence electrons. The number of nitrogens with one attached hydrogen (secondary N) is 6. The van der Waals surface area contributed by atoms with E-state index in [0.717, 1.165) is 16.7 Å². The molecule has 14 nitrogen and oxygen atoms in total. The van der Waals surface area contributed by atoms with Crippen LogP contribution in [0.5, 0.6) is 0 Å². The maximum atomic E-state index is 14.7. The van der Waals surface area contributed by atoms with Gasteiger partial charge in [-0.25, -0.2) is 0 Å². The fourth-order valence-electron chi connectivity index (χ4n) is 7.47. The molecule has 2 heterocycles. The van der Waals surface area contributed by atoms with Crippen LogP contribution in [0.3, 0.4) is 0 Å². The molecule has 2 aliphatic heterocycles. The van der Waals surface area contributed by atoms with E-state index in [1.54, 1.807) is 48.5 Å². The molecule has 0 unspecified atom stereocenters. The van der Waals surface area contributed by atoms with Crippen molar-refractivity contribution in [2.24, 2.45) is 0 Å². The van der Waals surface area contributed by atoms with Crippen LogP contribution in [0, 0.1) is 0 Å². The first kappa shape index (κ1) is 46.9. The van der Waals surface area contributed by atoms with Gasteiger partial charge in [0.2, 0.25) is 35.4 Å². The van der Waals surface area contributed by atoms with Gasteiger partial charge < -0.3 is 37.0 Å². The summed E-state index contributed by atoms with van der Waals surface area (Å²) in [6, 6.07) is 37.7. The molecule has 2 bridgehead atoms. The number of benzene rings is 5. The Hall–Kier alpha value is -7.61. The maximum Gasteiger partial charge on any atom is 0.303 e. The number of amides is 6. The minimum absolute atomic E-state index is 0.0128. The summed E-state index contributed by atoms with van der Waals surface area (Å²) in [5, 5.41) is 26.0. The monoisotopic (exact) mass is 878 g/mol. The van der Waals surface area contributed by atoms with Crippen LogP contribution in [-0.2, 0) is 59.2 Å². The van der Waals surface area contributed by atoms with Crippen LogP contribution >= 0.6 is 0 Å². The lowest BCUT2D eigenvalue weighted by Crippen LogP contribution is -2.59. The van der Waals surface area contributed by atoms with Gasteiger partial charge in [-0.2, -0.15) is 0 Å². The van der Waals surface area contributed by atoms with E-state index in [1.807, 2.05) is 91.0 Å². The highest BCUT2D eigenvalue weighted by molar-refractivity contribution is 5.97. The molecule has 7 rings (SSSR count). The molecular formula is C51H54N6O8. The smallest absolute Gasteiger partial charge is 0.303 e. The Labute approximate surface area is 378 Å². The van der Waals surface area contributed by atoms with Gasteiger partial charge in [-0.3, -0.25) is 33.6 Å². The van der Waals surface area contributed by atoms with Gasteiger partial charge in [0.25, 0.3) is 0 Å². The zero-order chi connectivity index (χ0) is 46.0. The Kier molecular flexibility index (Phi) is 17.1. The van der Waals surface area contributed by atoms with Crippen LogP contribution < -0.4 is 31.9 Å². The van der Waals surface area contributed by atoms with E-state index in [-0.39, 0.29) is 57.9 Å². The highest BCUT2D eigenvalue weighted by Gasteiger charge is 2.32. The van der Waals surface area contributed by atoms with E-state index >= 15 is 0 Å². The minimum atomic E-state index is -1.24. The first-order valence-corrected chi connectivity index (χ1v) is 21.8. The predicted molar refractivity (Wildman–Crippen MR) is 246 cm³/mol. The number of hydrogen-bond acceptors (Lipinski definition) is 7. The summed E-state index contributed by atoms with van der Waals surface area (Å²) in [6.07, 6.45) is 0.268. The van der Waals surface area contributed by atoms with Crippen molar-refractivity contribution < 1.29 is 38.7 Å². The van der Waals surface area contributed by atoms with Gasteiger partial charge in [0.05, 0.1) is 0 Å². The molecule has 0 fully saturated rings. The second-order valence-electron chi connectivity index (χ2n) is 16.0. The number of fused-ring (bicyclic) bond motifs is 18. The van der Waals surface area contributed by atoms with Crippen LogP contribution in [0.4, 0.5) is 5.69 Å². The second-order valence-corrected chi connectivity index (χ2v) is 16.0. The van der Waals surface area contributed by atoms with Crippen molar-refractivity contribution >= 4 is 47.1 Å². The fraction of sp³-hybridized carbons (Fsp3) is 0.275. The number of carboxylic acids is 1. The third-order valence-corrected chi connectivity index (χ3v) is 11.0. The normalized spacial score (nSPS) is 18.7. The van der Waals surface area contributed by atoms with Crippen molar-refractivity contribution in [1.29, 1.82) is 0 Å². The number of hydrogen-bond donors (Lipinski definition) is 7.